The Kier molecular flexibility index (Phi) is 4.47. The number of hydrogen-bond donors (Lipinski definition) is 2. The van der Waals surface area contributed by atoms with Gasteiger partial charge in [-0.1, -0.05) is 84.9 Å². The van der Waals surface area contributed by atoms with Gasteiger partial charge in [0, 0.05) is 38.7 Å². The Morgan fingerprint density at radius 1 is 0.469 bits per heavy atom. The van der Waals surface area contributed by atoms with E-state index in [0.29, 0.717) is 0 Å². The Balaban J connectivity index is 1.52. The first-order valence-electron chi connectivity index (χ1n) is 10.9. The average molecular weight is 411 g/mol. The van der Waals surface area contributed by atoms with Crippen LogP contribution in [0.25, 0.3) is 44.1 Å². The van der Waals surface area contributed by atoms with Crippen LogP contribution in [0.4, 0.5) is 11.4 Å². The molecule has 0 amide bonds. The highest BCUT2D eigenvalue weighted by Crippen LogP contribution is 2.37. The predicted molar refractivity (Wildman–Crippen MR) is 136 cm³/mol. The third-order valence-corrected chi connectivity index (χ3v) is 6.00. The molecular weight excluding hydrogens is 388 g/mol. The zero-order chi connectivity index (χ0) is 21.3. The number of aromatic amines is 1. The van der Waals surface area contributed by atoms with E-state index in [-0.39, 0.29) is 0 Å². The first kappa shape index (κ1) is 18.5. The van der Waals surface area contributed by atoms with E-state index in [1.165, 1.54) is 38.5 Å². The van der Waals surface area contributed by atoms with Crippen molar-refractivity contribution < 1.29 is 0 Å². The lowest BCUT2D eigenvalue weighted by atomic mass is 9.97. The van der Waals surface area contributed by atoms with Crippen LogP contribution < -0.4 is 5.32 Å². The van der Waals surface area contributed by atoms with Gasteiger partial charge in [0.15, 0.2) is 0 Å². The molecule has 6 rings (SSSR count). The van der Waals surface area contributed by atoms with Gasteiger partial charge in [-0.3, -0.25) is 0 Å². The minimum absolute atomic E-state index is 1.08. The fourth-order valence-electron chi connectivity index (χ4n) is 4.40. The van der Waals surface area contributed by atoms with Gasteiger partial charge >= 0.3 is 0 Å². The summed E-state index contributed by atoms with van der Waals surface area (Å²) >= 11 is 0. The second kappa shape index (κ2) is 7.75. The molecule has 32 heavy (non-hydrogen) atoms. The maximum Gasteiger partial charge on any atom is 0.0470 e. The second-order valence-corrected chi connectivity index (χ2v) is 8.05. The maximum absolute atomic E-state index is 3.65. The number of rotatable bonds is 4. The summed E-state index contributed by atoms with van der Waals surface area (Å²) in [5.41, 5.74) is 9.28. The lowest BCUT2D eigenvalue weighted by Crippen LogP contribution is -1.94. The Hall–Kier alpha value is -4.30. The van der Waals surface area contributed by atoms with Crippen LogP contribution in [-0.4, -0.2) is 4.98 Å². The molecule has 6 aromatic rings. The van der Waals surface area contributed by atoms with Crippen molar-refractivity contribution in [3.05, 3.63) is 121 Å². The zero-order valence-corrected chi connectivity index (χ0v) is 17.5. The minimum Gasteiger partial charge on any atom is -0.355 e. The Morgan fingerprint density at radius 3 is 2.00 bits per heavy atom. The SMILES string of the molecule is c1ccc(Nc2cc(-c3ccccc3)ccc2-c2ccc3[nH]c4ccccc4c3c2)cc1. The largest absolute Gasteiger partial charge is 0.355 e. The van der Waals surface area contributed by atoms with Gasteiger partial charge in [-0.15, -0.1) is 0 Å². The molecule has 0 saturated heterocycles. The molecule has 0 atom stereocenters. The third-order valence-electron chi connectivity index (χ3n) is 6.00. The van der Waals surface area contributed by atoms with Gasteiger partial charge in [-0.25, -0.2) is 0 Å². The molecule has 152 valence electrons. The third kappa shape index (κ3) is 3.32. The van der Waals surface area contributed by atoms with Gasteiger partial charge in [-0.05, 0) is 53.1 Å². The summed E-state index contributed by atoms with van der Waals surface area (Å²) in [6, 6.07) is 42.7. The van der Waals surface area contributed by atoms with E-state index in [1.807, 2.05) is 6.07 Å². The summed E-state index contributed by atoms with van der Waals surface area (Å²) < 4.78 is 0. The van der Waals surface area contributed by atoms with Crippen LogP contribution >= 0.6 is 0 Å². The summed E-state index contributed by atoms with van der Waals surface area (Å²) in [5, 5.41) is 6.15. The Morgan fingerprint density at radius 2 is 1.16 bits per heavy atom. The molecule has 0 saturated carbocycles. The summed E-state index contributed by atoms with van der Waals surface area (Å²) in [5.74, 6) is 0. The number of anilines is 2. The van der Waals surface area contributed by atoms with E-state index in [0.717, 1.165) is 16.9 Å². The lowest BCUT2D eigenvalue weighted by Gasteiger charge is -2.15. The molecule has 2 nitrogen and oxygen atoms in total. The van der Waals surface area contributed by atoms with E-state index in [4.69, 9.17) is 0 Å². The van der Waals surface area contributed by atoms with Crippen LogP contribution in [0.3, 0.4) is 0 Å². The molecule has 0 spiro atoms. The van der Waals surface area contributed by atoms with Crippen LogP contribution in [0.15, 0.2) is 121 Å². The van der Waals surface area contributed by atoms with E-state index in [2.05, 4.69) is 126 Å². The molecule has 1 heterocycles. The van der Waals surface area contributed by atoms with Crippen LogP contribution in [0.2, 0.25) is 0 Å². The summed E-state index contributed by atoms with van der Waals surface area (Å²) in [7, 11) is 0. The van der Waals surface area contributed by atoms with Crippen molar-refractivity contribution in [3.8, 4) is 22.3 Å². The van der Waals surface area contributed by atoms with Crippen molar-refractivity contribution in [3.63, 3.8) is 0 Å². The summed E-state index contributed by atoms with van der Waals surface area (Å²) in [6.45, 7) is 0. The topological polar surface area (TPSA) is 27.8 Å². The summed E-state index contributed by atoms with van der Waals surface area (Å²) in [4.78, 5) is 3.53. The molecule has 2 N–H and O–H groups in total. The van der Waals surface area contributed by atoms with E-state index < -0.39 is 0 Å². The van der Waals surface area contributed by atoms with E-state index in [9.17, 15) is 0 Å². The summed E-state index contributed by atoms with van der Waals surface area (Å²) in [6.07, 6.45) is 0. The van der Waals surface area contributed by atoms with Crippen molar-refractivity contribution in [1.82, 2.24) is 4.98 Å². The Bertz CT molecular complexity index is 1530. The standard InChI is InChI=1S/C30H22N2/c1-3-9-21(10-4-1)22-15-17-25(30(20-22)31-24-11-5-2-6-12-24)23-16-18-29-27(19-23)26-13-7-8-14-28(26)32-29/h1-20,31-32H. The fourth-order valence-corrected chi connectivity index (χ4v) is 4.40. The van der Waals surface area contributed by atoms with Gasteiger partial charge in [0.2, 0.25) is 0 Å². The monoisotopic (exact) mass is 410 g/mol. The molecular formula is C30H22N2. The molecule has 0 aliphatic rings. The smallest absolute Gasteiger partial charge is 0.0470 e. The number of benzene rings is 5. The van der Waals surface area contributed by atoms with Crippen LogP contribution in [0.5, 0.6) is 0 Å². The molecule has 0 aliphatic heterocycles. The predicted octanol–water partition coefficient (Wildman–Crippen LogP) is 8.40. The van der Waals surface area contributed by atoms with Crippen molar-refractivity contribution in [2.24, 2.45) is 0 Å². The lowest BCUT2D eigenvalue weighted by molar-refractivity contribution is 1.52. The van der Waals surface area contributed by atoms with Gasteiger partial charge in [0.25, 0.3) is 0 Å². The normalized spacial score (nSPS) is 11.1. The molecule has 0 aliphatic carbocycles. The van der Waals surface area contributed by atoms with Gasteiger partial charge in [0.1, 0.15) is 0 Å². The number of para-hydroxylation sites is 2. The molecule has 0 fully saturated rings. The number of H-pyrrole nitrogens is 1. The average Bonchev–Trinajstić information content (AvgIpc) is 3.23. The molecule has 0 unspecified atom stereocenters. The quantitative estimate of drug-likeness (QED) is 0.300. The van der Waals surface area contributed by atoms with Crippen LogP contribution in [0, 0.1) is 0 Å². The number of nitrogens with one attached hydrogen (secondary N) is 2. The minimum atomic E-state index is 1.08. The highest BCUT2D eigenvalue weighted by atomic mass is 14.9. The zero-order valence-electron chi connectivity index (χ0n) is 17.5. The molecule has 0 bridgehead atoms. The Labute approximate surface area is 187 Å². The molecule has 0 radical (unpaired) electrons. The maximum atomic E-state index is 3.65. The van der Waals surface area contributed by atoms with Crippen molar-refractivity contribution >= 4 is 33.2 Å². The molecule has 2 heteroatoms. The van der Waals surface area contributed by atoms with Gasteiger partial charge in [0.05, 0.1) is 0 Å². The highest BCUT2D eigenvalue weighted by molar-refractivity contribution is 6.08. The highest BCUT2D eigenvalue weighted by Gasteiger charge is 2.11. The second-order valence-electron chi connectivity index (χ2n) is 8.05. The fraction of sp³-hybridized carbons (Fsp3) is 0. The van der Waals surface area contributed by atoms with E-state index in [1.54, 1.807) is 0 Å². The number of fused-ring (bicyclic) bond motifs is 3. The van der Waals surface area contributed by atoms with Crippen molar-refractivity contribution in [1.29, 1.82) is 0 Å². The first-order valence-corrected chi connectivity index (χ1v) is 10.9. The number of aromatic nitrogens is 1. The van der Waals surface area contributed by atoms with Crippen molar-refractivity contribution in [2.45, 2.75) is 0 Å². The molecule has 5 aromatic carbocycles. The molecule has 1 aromatic heterocycles. The van der Waals surface area contributed by atoms with Gasteiger partial charge in [-0.2, -0.15) is 0 Å². The van der Waals surface area contributed by atoms with Crippen LogP contribution in [-0.2, 0) is 0 Å². The van der Waals surface area contributed by atoms with Crippen molar-refractivity contribution in [2.75, 3.05) is 5.32 Å². The van der Waals surface area contributed by atoms with Gasteiger partial charge < -0.3 is 10.3 Å². The first-order chi connectivity index (χ1) is 15.8. The van der Waals surface area contributed by atoms with E-state index >= 15 is 0 Å². The number of hydrogen-bond acceptors (Lipinski definition) is 1. The van der Waals surface area contributed by atoms with Crippen LogP contribution in [0.1, 0.15) is 0 Å².